The summed E-state index contributed by atoms with van der Waals surface area (Å²) in [7, 11) is 0. The van der Waals surface area contributed by atoms with E-state index in [4.69, 9.17) is 0 Å². The molecule has 0 bridgehead atoms. The van der Waals surface area contributed by atoms with Crippen molar-refractivity contribution in [1.29, 1.82) is 0 Å². The summed E-state index contributed by atoms with van der Waals surface area (Å²) in [5.41, 5.74) is 0. The van der Waals surface area contributed by atoms with Crippen molar-refractivity contribution in [1.82, 2.24) is 0 Å². The minimum absolute atomic E-state index is 0.833. The molecule has 1 heteroatoms. The standard InChI is InChI=1S/C3H8As/c1-3(2)4/h3-4H,1-2H3. The van der Waals surface area contributed by atoms with E-state index in [1.165, 1.54) is 0 Å². The monoisotopic (exact) mass is 119 g/mol. The van der Waals surface area contributed by atoms with Gasteiger partial charge in [0.25, 0.3) is 0 Å². The van der Waals surface area contributed by atoms with Crippen molar-refractivity contribution in [3.05, 3.63) is 0 Å². The fraction of sp³-hybridized carbons (Fsp3) is 1.00. The molecule has 0 amide bonds. The Labute approximate surface area is 36.1 Å². The predicted octanol–water partition coefficient (Wildman–Crippen LogP) is 0.716. The van der Waals surface area contributed by atoms with Crippen LogP contribution in [-0.2, 0) is 0 Å². The molecule has 0 aliphatic carbocycles. The molecule has 0 N–H and O–H groups in total. The van der Waals surface area contributed by atoms with Crippen LogP contribution < -0.4 is 0 Å². The van der Waals surface area contributed by atoms with E-state index in [-0.39, 0.29) is 0 Å². The van der Waals surface area contributed by atoms with E-state index in [9.17, 15) is 0 Å². The predicted molar refractivity (Wildman–Crippen MR) is 22.2 cm³/mol. The van der Waals surface area contributed by atoms with Crippen molar-refractivity contribution < 1.29 is 0 Å². The molecule has 0 aromatic heterocycles. The summed E-state index contributed by atoms with van der Waals surface area (Å²) < 4.78 is 0.833. The van der Waals surface area contributed by atoms with Crippen LogP contribution in [0.4, 0.5) is 0 Å². The maximum atomic E-state index is 2.17. The van der Waals surface area contributed by atoms with Crippen LogP contribution in [0.25, 0.3) is 0 Å². The van der Waals surface area contributed by atoms with E-state index in [1.54, 1.807) is 0 Å². The molecule has 0 saturated heterocycles. The average molecular weight is 119 g/mol. The van der Waals surface area contributed by atoms with E-state index in [0.717, 1.165) is 4.71 Å². The first kappa shape index (κ1) is 4.56. The molecule has 0 aliphatic heterocycles. The van der Waals surface area contributed by atoms with Crippen LogP contribution in [0.2, 0.25) is 4.71 Å². The Balaban J connectivity index is 2.32. The van der Waals surface area contributed by atoms with Crippen molar-refractivity contribution in [2.45, 2.75) is 18.6 Å². The Morgan fingerprint density at radius 3 is 1.50 bits per heavy atom. The zero-order valence-corrected chi connectivity index (χ0v) is 5.18. The van der Waals surface area contributed by atoms with Gasteiger partial charge in [-0.15, -0.1) is 0 Å². The van der Waals surface area contributed by atoms with Crippen molar-refractivity contribution in [2.75, 3.05) is 0 Å². The number of hydrogen-bond acceptors (Lipinski definition) is 0. The van der Waals surface area contributed by atoms with Crippen molar-refractivity contribution in [3.63, 3.8) is 0 Å². The molecule has 4 heavy (non-hydrogen) atoms. The van der Waals surface area contributed by atoms with Crippen molar-refractivity contribution >= 4 is 16.9 Å². The first-order valence-electron chi connectivity index (χ1n) is 1.44. The molecule has 1 radical (unpaired) electrons. The van der Waals surface area contributed by atoms with E-state index in [0.29, 0.717) is 0 Å². The second kappa shape index (κ2) is 1.84. The molecule has 25 valence electrons. The third-order valence-corrected chi connectivity index (χ3v) is 0. The van der Waals surface area contributed by atoms with Gasteiger partial charge >= 0.3 is 35.4 Å². The molecule has 0 spiro atoms. The summed E-state index contributed by atoms with van der Waals surface area (Å²) in [5.74, 6) is 0. The Bertz CT molecular complexity index is 8.00. The Morgan fingerprint density at radius 2 is 1.50 bits per heavy atom. The molecule has 0 fully saturated rings. The number of rotatable bonds is 0. The zero-order chi connectivity index (χ0) is 3.58. The van der Waals surface area contributed by atoms with Crippen LogP contribution in [0.1, 0.15) is 13.8 Å². The number of hydrogen-bond donors (Lipinski definition) is 0. The first-order chi connectivity index (χ1) is 1.73. The van der Waals surface area contributed by atoms with Gasteiger partial charge in [0.2, 0.25) is 0 Å². The fourth-order valence-corrected chi connectivity index (χ4v) is 0. The summed E-state index contributed by atoms with van der Waals surface area (Å²) in [4.78, 5) is 0. The Kier molecular flexibility index (Phi) is 2.10. The van der Waals surface area contributed by atoms with Crippen LogP contribution in [0.3, 0.4) is 0 Å². The minimum atomic E-state index is 0.833. The summed E-state index contributed by atoms with van der Waals surface area (Å²) in [6.45, 7) is 4.33. The van der Waals surface area contributed by atoms with E-state index >= 15 is 0 Å². The van der Waals surface area contributed by atoms with Gasteiger partial charge in [0.05, 0.1) is 0 Å². The van der Waals surface area contributed by atoms with Gasteiger partial charge in [-0.1, -0.05) is 0 Å². The summed E-state index contributed by atoms with van der Waals surface area (Å²) in [6, 6.07) is 0. The molecule has 0 aromatic rings. The van der Waals surface area contributed by atoms with Gasteiger partial charge < -0.3 is 0 Å². The van der Waals surface area contributed by atoms with Gasteiger partial charge in [0.1, 0.15) is 0 Å². The Hall–Kier alpha value is 0.558. The quantitative estimate of drug-likeness (QED) is 0.412. The molecule has 0 nitrogen and oxygen atoms in total. The second-order valence-electron chi connectivity index (χ2n) is 1.15. The van der Waals surface area contributed by atoms with E-state index in [2.05, 4.69) is 30.7 Å². The average Bonchev–Trinajstić information content (AvgIpc) is 0.811. The third kappa shape index (κ3) is 19.9. The maximum absolute atomic E-state index is 2.17. The van der Waals surface area contributed by atoms with Crippen LogP contribution >= 0.6 is 0 Å². The topological polar surface area (TPSA) is 0 Å². The normalized spacial score (nSPS) is 9.00. The van der Waals surface area contributed by atoms with Gasteiger partial charge in [-0.2, -0.15) is 0 Å². The van der Waals surface area contributed by atoms with Gasteiger partial charge in [-0.3, -0.25) is 0 Å². The SMILES string of the molecule is CC(C)[AsH]. The summed E-state index contributed by atoms with van der Waals surface area (Å²) in [6.07, 6.45) is 0. The molecule has 0 heterocycles. The fourth-order valence-electron chi connectivity index (χ4n) is 0. The third-order valence-electron chi connectivity index (χ3n) is 0. The Morgan fingerprint density at radius 1 is 1.50 bits per heavy atom. The zero-order valence-electron chi connectivity index (χ0n) is 3.08. The van der Waals surface area contributed by atoms with Crippen LogP contribution in [0.5, 0.6) is 0 Å². The van der Waals surface area contributed by atoms with Crippen LogP contribution in [0.15, 0.2) is 0 Å². The molecule has 0 aromatic carbocycles. The molecule has 0 atom stereocenters. The molecular formula is C3H8As. The van der Waals surface area contributed by atoms with Crippen LogP contribution in [0, 0.1) is 0 Å². The molecule has 0 saturated carbocycles. The first-order valence-corrected chi connectivity index (χ1v) is 2.65. The van der Waals surface area contributed by atoms with Gasteiger partial charge in [0, 0.05) is 0 Å². The van der Waals surface area contributed by atoms with Crippen LogP contribution in [-0.4, -0.2) is 16.9 Å². The van der Waals surface area contributed by atoms with Crippen molar-refractivity contribution in [3.8, 4) is 0 Å². The van der Waals surface area contributed by atoms with Gasteiger partial charge in [-0.05, 0) is 0 Å². The van der Waals surface area contributed by atoms with E-state index in [1.807, 2.05) is 0 Å². The van der Waals surface area contributed by atoms with E-state index < -0.39 is 0 Å². The summed E-state index contributed by atoms with van der Waals surface area (Å²) >= 11 is 2.17. The van der Waals surface area contributed by atoms with Gasteiger partial charge in [0.15, 0.2) is 0 Å². The molecule has 0 rings (SSSR count). The second-order valence-corrected chi connectivity index (χ2v) is 3.58. The van der Waals surface area contributed by atoms with Gasteiger partial charge in [-0.25, -0.2) is 0 Å². The van der Waals surface area contributed by atoms with Crippen molar-refractivity contribution in [2.24, 2.45) is 0 Å². The molecule has 0 unspecified atom stereocenters. The summed E-state index contributed by atoms with van der Waals surface area (Å²) in [5, 5.41) is 0. The molecular weight excluding hydrogens is 111 g/mol. The molecule has 0 aliphatic rings.